The van der Waals surface area contributed by atoms with Gasteiger partial charge in [0.2, 0.25) is 0 Å². The van der Waals surface area contributed by atoms with Crippen molar-refractivity contribution in [3.63, 3.8) is 0 Å². The van der Waals surface area contributed by atoms with Gasteiger partial charge in [0.15, 0.2) is 0 Å². The molecule has 0 aliphatic heterocycles. The van der Waals surface area contributed by atoms with E-state index in [9.17, 15) is 0 Å². The van der Waals surface area contributed by atoms with Crippen LogP contribution in [0.25, 0.3) is 0 Å². The Hall–Kier alpha value is 1.25. The van der Waals surface area contributed by atoms with Gasteiger partial charge in [-0.3, -0.25) is 0 Å². The summed E-state index contributed by atoms with van der Waals surface area (Å²) in [5.41, 5.74) is 0. The van der Waals surface area contributed by atoms with Gasteiger partial charge >= 0.3 is 39.0 Å². The molecule has 0 aliphatic carbocycles. The van der Waals surface area contributed by atoms with Crippen LogP contribution in [0.5, 0.6) is 0 Å². The predicted molar refractivity (Wildman–Crippen MR) is 51.9 cm³/mol. The maximum Gasteiger partial charge on any atom is 3.00 e. The maximum atomic E-state index is 0. The smallest absolute Gasteiger partial charge is 0.358 e. The molecule has 0 aliphatic rings. The van der Waals surface area contributed by atoms with Crippen LogP contribution in [0.1, 0.15) is 14.9 Å². The topological polar surface area (TPSA) is 0 Å². The predicted octanol–water partition coefficient (Wildman–Crippen LogP) is 3.97. The Bertz CT molecular complexity index is 7.22. The van der Waals surface area contributed by atoms with E-state index in [1.165, 1.54) is 0 Å². The summed E-state index contributed by atoms with van der Waals surface area (Å²) in [6.45, 7) is 0. The van der Waals surface area contributed by atoms with E-state index in [1.54, 1.807) is 0 Å². The van der Waals surface area contributed by atoms with Crippen LogP contribution in [0.3, 0.4) is 0 Å². The van der Waals surface area contributed by atoms with Gasteiger partial charge in [-0.2, -0.15) is 0 Å². The molecule has 0 spiro atoms. The standard InChI is InChI=1S/2CH4.6CH3.2Ru/h2*1H4;6*1H3;;/q;;6*-1;2*+3. The Labute approximate surface area is 98.1 Å². The SMILES string of the molecule is C.C.[CH3-].[CH3-].[CH3-].[CH3-].[CH3-].[CH3-].[Ru+3].[Ru+3]. The van der Waals surface area contributed by atoms with Gasteiger partial charge < -0.3 is 44.6 Å². The first-order valence-corrected chi connectivity index (χ1v) is 0. The Morgan fingerprint density at radius 3 is 0.300 bits per heavy atom. The fourth-order valence-electron chi connectivity index (χ4n) is 0. The fourth-order valence-corrected chi connectivity index (χ4v) is 0. The van der Waals surface area contributed by atoms with Crippen LogP contribution in [-0.4, -0.2) is 0 Å². The molecular weight excluding hydrogens is 298 g/mol. The van der Waals surface area contributed by atoms with Gasteiger partial charge in [-0.05, 0) is 0 Å². The molecule has 0 rings (SSSR count). The Morgan fingerprint density at radius 1 is 0.300 bits per heavy atom. The third kappa shape index (κ3) is 405. The molecule has 0 aromatic rings. The summed E-state index contributed by atoms with van der Waals surface area (Å²) in [4.78, 5) is 0. The minimum atomic E-state index is 0. The minimum absolute atomic E-state index is 0. The first kappa shape index (κ1) is 760. The molecule has 0 nitrogen and oxygen atoms in total. The zero-order valence-corrected chi connectivity index (χ0v) is 10.2. The van der Waals surface area contributed by atoms with Gasteiger partial charge in [-0.25, -0.2) is 0 Å². The molecule has 0 N–H and O–H groups in total. The van der Waals surface area contributed by atoms with E-state index in [0.717, 1.165) is 0 Å². The quantitative estimate of drug-likeness (QED) is 0.467. The molecular formula is C8H26Ru2. The van der Waals surface area contributed by atoms with E-state index in [4.69, 9.17) is 0 Å². The van der Waals surface area contributed by atoms with Crippen LogP contribution in [0.15, 0.2) is 0 Å². The zero-order valence-electron chi connectivity index (χ0n) is 6.71. The van der Waals surface area contributed by atoms with E-state index in [-0.39, 0.29) is 98.4 Å². The summed E-state index contributed by atoms with van der Waals surface area (Å²) < 4.78 is 0. The van der Waals surface area contributed by atoms with Gasteiger partial charge in [0, 0.05) is 0 Å². The first-order chi connectivity index (χ1) is 0. The summed E-state index contributed by atoms with van der Waals surface area (Å²) in [7, 11) is 0. The van der Waals surface area contributed by atoms with Crippen molar-refractivity contribution >= 4 is 0 Å². The van der Waals surface area contributed by atoms with Crippen molar-refractivity contribution in [2.45, 2.75) is 14.9 Å². The van der Waals surface area contributed by atoms with Crippen LogP contribution >= 0.6 is 0 Å². The second-order valence-corrected chi connectivity index (χ2v) is 0. The molecule has 74 valence electrons. The van der Waals surface area contributed by atoms with Crippen molar-refractivity contribution in [1.29, 1.82) is 0 Å². The van der Waals surface area contributed by atoms with Crippen molar-refractivity contribution in [2.75, 3.05) is 0 Å². The molecule has 0 heterocycles. The largest absolute Gasteiger partial charge is 3.00 e. The monoisotopic (exact) mass is 326 g/mol. The molecule has 0 unspecified atom stereocenters. The maximum absolute atomic E-state index is 0. The normalized spacial score (nSPS) is 0. The minimum Gasteiger partial charge on any atom is -0.358 e. The van der Waals surface area contributed by atoms with Crippen molar-refractivity contribution in [3.05, 3.63) is 44.6 Å². The molecule has 10 heavy (non-hydrogen) atoms. The Balaban J connectivity index is 0. The van der Waals surface area contributed by atoms with Crippen LogP contribution in [0.2, 0.25) is 0 Å². The van der Waals surface area contributed by atoms with E-state index < -0.39 is 0 Å². The molecule has 0 saturated carbocycles. The molecule has 0 aromatic carbocycles. The first-order valence-electron chi connectivity index (χ1n) is 0. The third-order valence-corrected chi connectivity index (χ3v) is 0. The van der Waals surface area contributed by atoms with E-state index >= 15 is 0 Å². The van der Waals surface area contributed by atoms with Crippen LogP contribution in [0, 0.1) is 44.6 Å². The van der Waals surface area contributed by atoms with Crippen LogP contribution in [-0.2, 0) is 39.0 Å². The van der Waals surface area contributed by atoms with E-state index in [1.807, 2.05) is 0 Å². The van der Waals surface area contributed by atoms with Gasteiger partial charge in [-0.1, -0.05) is 14.9 Å². The van der Waals surface area contributed by atoms with Gasteiger partial charge in [0.05, 0.1) is 0 Å². The molecule has 2 radical (unpaired) electrons. The molecule has 0 fully saturated rings. The fraction of sp³-hybridized carbons (Fsp3) is 0.250. The number of rotatable bonds is 0. The van der Waals surface area contributed by atoms with E-state index in [0.29, 0.717) is 0 Å². The molecule has 0 aromatic heterocycles. The van der Waals surface area contributed by atoms with E-state index in [2.05, 4.69) is 0 Å². The molecule has 0 saturated heterocycles. The zero-order chi connectivity index (χ0) is 0. The molecule has 0 amide bonds. The Morgan fingerprint density at radius 2 is 0.300 bits per heavy atom. The number of hydrogen-bond acceptors (Lipinski definition) is 0. The second-order valence-electron chi connectivity index (χ2n) is 0. The summed E-state index contributed by atoms with van der Waals surface area (Å²) in [6.07, 6.45) is 0. The third-order valence-electron chi connectivity index (χ3n) is 0. The summed E-state index contributed by atoms with van der Waals surface area (Å²) in [5, 5.41) is 0. The van der Waals surface area contributed by atoms with Crippen LogP contribution in [0.4, 0.5) is 0 Å². The van der Waals surface area contributed by atoms with Crippen molar-refractivity contribution < 1.29 is 39.0 Å². The summed E-state index contributed by atoms with van der Waals surface area (Å²) in [6, 6.07) is 0. The molecule has 0 bridgehead atoms. The Kier molecular flexibility index (Phi) is 42800. The molecule has 2 heteroatoms. The summed E-state index contributed by atoms with van der Waals surface area (Å²) >= 11 is 0. The summed E-state index contributed by atoms with van der Waals surface area (Å²) in [5.74, 6) is 0. The molecule has 0 atom stereocenters. The van der Waals surface area contributed by atoms with Crippen molar-refractivity contribution in [3.8, 4) is 0 Å². The average molecular weight is 324 g/mol. The van der Waals surface area contributed by atoms with Gasteiger partial charge in [-0.15, -0.1) is 0 Å². The van der Waals surface area contributed by atoms with Gasteiger partial charge in [0.25, 0.3) is 0 Å². The van der Waals surface area contributed by atoms with Crippen LogP contribution < -0.4 is 0 Å². The number of hydrogen-bond donors (Lipinski definition) is 0. The second kappa shape index (κ2) is 564. The van der Waals surface area contributed by atoms with Crippen molar-refractivity contribution in [1.82, 2.24) is 0 Å². The average Bonchev–Trinajstić information content (AvgIpc) is 0. The van der Waals surface area contributed by atoms with Gasteiger partial charge in [0.1, 0.15) is 0 Å². The van der Waals surface area contributed by atoms with Crippen molar-refractivity contribution in [2.24, 2.45) is 0 Å².